The maximum atomic E-state index is 13.3. The van der Waals surface area contributed by atoms with Crippen molar-refractivity contribution < 1.29 is 0 Å². The molecular weight excluding hydrogens is 486 g/mol. The summed E-state index contributed by atoms with van der Waals surface area (Å²) in [6.07, 6.45) is 0. The molecule has 8 heteroatoms. The second-order valence-corrected chi connectivity index (χ2v) is 9.61. The highest BCUT2D eigenvalue weighted by Crippen LogP contribution is 2.22. The van der Waals surface area contributed by atoms with Crippen LogP contribution in [0, 0.1) is 0 Å². The van der Waals surface area contributed by atoms with Gasteiger partial charge in [-0.1, -0.05) is 90.5 Å². The summed E-state index contributed by atoms with van der Waals surface area (Å²) in [4.78, 5) is 33.1. The molecule has 0 N–H and O–H groups in total. The van der Waals surface area contributed by atoms with E-state index in [4.69, 9.17) is 16.6 Å². The number of aryl methyl sites for hydroxylation is 1. The SMILES string of the molecule is Cn1c(=O)c2c(nc(CN(Cc3ccccc3)Cc3ccccc3)n2Cc2ccccc2Cl)n(C)c1=O. The van der Waals surface area contributed by atoms with Crippen molar-refractivity contribution in [3.63, 3.8) is 0 Å². The molecule has 0 saturated heterocycles. The van der Waals surface area contributed by atoms with Gasteiger partial charge < -0.3 is 4.57 Å². The Morgan fingerprint density at radius 1 is 0.757 bits per heavy atom. The molecule has 0 unspecified atom stereocenters. The smallest absolute Gasteiger partial charge is 0.316 e. The number of imidazole rings is 1. The van der Waals surface area contributed by atoms with E-state index >= 15 is 0 Å². The summed E-state index contributed by atoms with van der Waals surface area (Å²) in [7, 11) is 3.14. The van der Waals surface area contributed by atoms with Crippen LogP contribution in [0.3, 0.4) is 0 Å². The van der Waals surface area contributed by atoms with Gasteiger partial charge in [0.1, 0.15) is 5.82 Å². The highest BCUT2D eigenvalue weighted by atomic mass is 35.5. The van der Waals surface area contributed by atoms with E-state index in [1.807, 2.05) is 65.2 Å². The molecule has 0 radical (unpaired) electrons. The number of hydrogen-bond acceptors (Lipinski definition) is 4. The number of halogens is 1. The second kappa shape index (κ2) is 10.6. The average Bonchev–Trinajstić information content (AvgIpc) is 3.26. The van der Waals surface area contributed by atoms with Crippen LogP contribution in [0.5, 0.6) is 0 Å². The van der Waals surface area contributed by atoms with Crippen LogP contribution in [0.15, 0.2) is 94.5 Å². The van der Waals surface area contributed by atoms with E-state index in [0.717, 1.165) is 10.1 Å². The maximum absolute atomic E-state index is 13.3. The van der Waals surface area contributed by atoms with Gasteiger partial charge in [-0.25, -0.2) is 9.78 Å². The summed E-state index contributed by atoms with van der Waals surface area (Å²) < 4.78 is 4.46. The zero-order valence-electron chi connectivity index (χ0n) is 20.8. The molecule has 2 aromatic heterocycles. The van der Waals surface area contributed by atoms with Gasteiger partial charge in [0.15, 0.2) is 11.2 Å². The van der Waals surface area contributed by atoms with Crippen LogP contribution >= 0.6 is 11.6 Å². The van der Waals surface area contributed by atoms with Crippen molar-refractivity contribution in [2.45, 2.75) is 26.2 Å². The Balaban J connectivity index is 1.63. The third kappa shape index (κ3) is 5.14. The highest BCUT2D eigenvalue weighted by molar-refractivity contribution is 6.31. The standard InChI is InChI=1S/C29H28ClN5O2/c1-32-27-26(28(36)33(2)29(32)37)35(19-23-15-9-10-16-24(23)30)25(31-27)20-34(17-21-11-5-3-6-12-21)18-22-13-7-4-8-14-22/h3-16H,17-20H2,1-2H3. The molecule has 188 valence electrons. The molecule has 37 heavy (non-hydrogen) atoms. The first-order chi connectivity index (χ1) is 17.9. The predicted molar refractivity (Wildman–Crippen MR) is 147 cm³/mol. The summed E-state index contributed by atoms with van der Waals surface area (Å²) in [5.41, 5.74) is 3.20. The van der Waals surface area contributed by atoms with E-state index in [1.165, 1.54) is 22.7 Å². The fourth-order valence-corrected chi connectivity index (χ4v) is 4.83. The maximum Gasteiger partial charge on any atom is 0.332 e. The quantitative estimate of drug-likeness (QED) is 0.310. The summed E-state index contributed by atoms with van der Waals surface area (Å²) in [6, 6.07) is 28.1. The summed E-state index contributed by atoms with van der Waals surface area (Å²) in [5.74, 6) is 0.695. The van der Waals surface area contributed by atoms with E-state index in [1.54, 1.807) is 7.05 Å². The number of nitrogens with zero attached hydrogens (tertiary/aromatic N) is 5. The first-order valence-electron chi connectivity index (χ1n) is 12.1. The minimum Gasteiger partial charge on any atom is -0.316 e. The van der Waals surface area contributed by atoms with Gasteiger partial charge >= 0.3 is 5.69 Å². The Hall–Kier alpha value is -3.94. The number of fused-ring (bicyclic) bond motifs is 1. The van der Waals surface area contributed by atoms with Crippen molar-refractivity contribution in [1.29, 1.82) is 0 Å². The van der Waals surface area contributed by atoms with Crippen molar-refractivity contribution in [1.82, 2.24) is 23.6 Å². The van der Waals surface area contributed by atoms with Crippen molar-refractivity contribution >= 4 is 22.8 Å². The summed E-state index contributed by atoms with van der Waals surface area (Å²) >= 11 is 6.51. The molecule has 2 heterocycles. The molecule has 0 saturated carbocycles. The van der Waals surface area contributed by atoms with Crippen molar-refractivity contribution in [3.05, 3.63) is 133 Å². The Labute approximate surface area is 219 Å². The van der Waals surface area contributed by atoms with E-state index < -0.39 is 5.69 Å². The first kappa shape index (κ1) is 24.7. The van der Waals surface area contributed by atoms with Crippen LogP contribution in [0.4, 0.5) is 0 Å². The van der Waals surface area contributed by atoms with Crippen molar-refractivity contribution in [2.75, 3.05) is 0 Å². The number of aromatic nitrogens is 4. The average molecular weight is 514 g/mol. The molecule has 0 aliphatic heterocycles. The van der Waals surface area contributed by atoms with Crippen LogP contribution in [0.2, 0.25) is 5.02 Å². The molecule has 5 rings (SSSR count). The fraction of sp³-hybridized carbons (Fsp3) is 0.207. The van der Waals surface area contributed by atoms with Gasteiger partial charge in [-0.15, -0.1) is 0 Å². The number of rotatable bonds is 8. The molecule has 0 bridgehead atoms. The van der Waals surface area contributed by atoms with Crippen molar-refractivity contribution in [2.24, 2.45) is 14.1 Å². The predicted octanol–water partition coefficient (Wildman–Crippen LogP) is 4.34. The molecule has 5 aromatic rings. The van der Waals surface area contributed by atoms with Gasteiger partial charge in [-0.3, -0.25) is 18.8 Å². The lowest BCUT2D eigenvalue weighted by atomic mass is 10.1. The van der Waals surface area contributed by atoms with E-state index in [2.05, 4.69) is 29.2 Å². The molecule has 3 aromatic carbocycles. The largest absolute Gasteiger partial charge is 0.332 e. The minimum atomic E-state index is -0.406. The van der Waals surface area contributed by atoms with E-state index in [0.29, 0.717) is 48.2 Å². The van der Waals surface area contributed by atoms with Gasteiger partial charge in [0.2, 0.25) is 0 Å². The van der Waals surface area contributed by atoms with Crippen LogP contribution < -0.4 is 11.2 Å². The number of benzene rings is 3. The van der Waals surface area contributed by atoms with Crippen LogP contribution in [-0.4, -0.2) is 23.6 Å². The van der Waals surface area contributed by atoms with Gasteiger partial charge in [0, 0.05) is 32.2 Å². The van der Waals surface area contributed by atoms with Crippen molar-refractivity contribution in [3.8, 4) is 0 Å². The lowest BCUT2D eigenvalue weighted by Gasteiger charge is -2.23. The Kier molecular flexibility index (Phi) is 7.08. The topological polar surface area (TPSA) is 65.1 Å². The van der Waals surface area contributed by atoms with Gasteiger partial charge in [0.25, 0.3) is 5.56 Å². The van der Waals surface area contributed by atoms with Gasteiger partial charge in [-0.2, -0.15) is 0 Å². The fourth-order valence-electron chi connectivity index (χ4n) is 4.63. The molecule has 0 fully saturated rings. The Bertz CT molecular complexity index is 1610. The normalized spacial score (nSPS) is 11.5. The molecular formula is C29H28ClN5O2. The minimum absolute atomic E-state index is 0.365. The van der Waals surface area contributed by atoms with Gasteiger partial charge in [-0.05, 0) is 22.8 Å². The second-order valence-electron chi connectivity index (χ2n) is 9.20. The Morgan fingerprint density at radius 3 is 1.92 bits per heavy atom. The monoisotopic (exact) mass is 513 g/mol. The molecule has 0 atom stereocenters. The number of hydrogen-bond donors (Lipinski definition) is 0. The highest BCUT2D eigenvalue weighted by Gasteiger charge is 2.22. The lowest BCUT2D eigenvalue weighted by Crippen LogP contribution is -2.37. The summed E-state index contributed by atoms with van der Waals surface area (Å²) in [6.45, 7) is 2.23. The van der Waals surface area contributed by atoms with Gasteiger partial charge in [0.05, 0.1) is 13.1 Å². The molecule has 0 aliphatic carbocycles. The first-order valence-corrected chi connectivity index (χ1v) is 12.5. The van der Waals surface area contributed by atoms with Crippen LogP contribution in [-0.2, 0) is 40.3 Å². The van der Waals surface area contributed by atoms with E-state index in [-0.39, 0.29) is 5.56 Å². The zero-order chi connectivity index (χ0) is 25.9. The third-order valence-corrected chi connectivity index (χ3v) is 6.95. The lowest BCUT2D eigenvalue weighted by molar-refractivity contribution is 0.238. The molecule has 7 nitrogen and oxygen atoms in total. The van der Waals surface area contributed by atoms with Crippen LogP contribution in [0.1, 0.15) is 22.5 Å². The molecule has 0 spiro atoms. The third-order valence-electron chi connectivity index (χ3n) is 6.58. The molecule has 0 aliphatic rings. The summed E-state index contributed by atoms with van der Waals surface area (Å²) in [5, 5.41) is 0.613. The Morgan fingerprint density at radius 2 is 1.32 bits per heavy atom. The zero-order valence-corrected chi connectivity index (χ0v) is 21.6. The molecule has 0 amide bonds. The van der Waals surface area contributed by atoms with E-state index in [9.17, 15) is 9.59 Å². The van der Waals surface area contributed by atoms with Crippen LogP contribution in [0.25, 0.3) is 11.2 Å².